The number of carboxylic acids is 1. The number of carbonyl (C=O) groups is 2. The number of carbonyl (C=O) groups excluding carboxylic acids is 1. The molecule has 92 valence electrons. The highest BCUT2D eigenvalue weighted by Crippen LogP contribution is 2.05. The van der Waals surface area contributed by atoms with Gasteiger partial charge in [-0.15, -0.1) is 5.10 Å². The summed E-state index contributed by atoms with van der Waals surface area (Å²) in [6, 6.07) is 7.15. The summed E-state index contributed by atoms with van der Waals surface area (Å²) in [6.07, 6.45) is 1.23. The summed E-state index contributed by atoms with van der Waals surface area (Å²) >= 11 is 0. The summed E-state index contributed by atoms with van der Waals surface area (Å²) in [5, 5.41) is 15.7. The zero-order valence-electron chi connectivity index (χ0n) is 9.70. The summed E-state index contributed by atoms with van der Waals surface area (Å²) in [5.41, 5.74) is 1.46. The van der Waals surface area contributed by atoms with Crippen molar-refractivity contribution in [1.29, 1.82) is 0 Å². The van der Waals surface area contributed by atoms with E-state index in [1.807, 2.05) is 19.1 Å². The van der Waals surface area contributed by atoms with Gasteiger partial charge < -0.3 is 5.11 Å². The normalized spacial score (nSPS) is 10.3. The number of Topliss-reactive ketones (excluding diaryl/α,β-unsaturated/α-hetero) is 1. The molecular formula is C12H11N3O3. The summed E-state index contributed by atoms with van der Waals surface area (Å²) in [5.74, 6) is -1.30. The lowest BCUT2D eigenvalue weighted by atomic mass is 10.1. The minimum atomic E-state index is -1.16. The highest BCUT2D eigenvalue weighted by Gasteiger charge is 2.11. The monoisotopic (exact) mass is 245 g/mol. The first-order valence-corrected chi connectivity index (χ1v) is 5.29. The third kappa shape index (κ3) is 2.60. The molecule has 2 aromatic rings. The van der Waals surface area contributed by atoms with Crippen molar-refractivity contribution in [2.75, 3.05) is 0 Å². The molecule has 0 bridgehead atoms. The average Bonchev–Trinajstić information content (AvgIpc) is 2.78. The number of carboxylic acid groups (broad SMARTS) is 1. The SMILES string of the molecule is Cc1ccc(C(=O)Cn2cc(C(=O)O)nn2)cc1. The van der Waals surface area contributed by atoms with E-state index in [1.54, 1.807) is 12.1 Å². The first-order valence-electron chi connectivity index (χ1n) is 5.29. The molecule has 0 aliphatic rings. The summed E-state index contributed by atoms with van der Waals surface area (Å²) in [7, 11) is 0. The quantitative estimate of drug-likeness (QED) is 0.817. The summed E-state index contributed by atoms with van der Waals surface area (Å²) < 4.78 is 1.21. The van der Waals surface area contributed by atoms with Crippen LogP contribution >= 0.6 is 0 Å². The Kier molecular flexibility index (Phi) is 3.18. The van der Waals surface area contributed by atoms with E-state index in [9.17, 15) is 9.59 Å². The van der Waals surface area contributed by atoms with Gasteiger partial charge in [0.15, 0.2) is 11.5 Å². The van der Waals surface area contributed by atoms with Gasteiger partial charge in [0, 0.05) is 5.56 Å². The number of hydrogen-bond acceptors (Lipinski definition) is 4. The Morgan fingerprint density at radius 2 is 1.94 bits per heavy atom. The van der Waals surface area contributed by atoms with Crippen LogP contribution in [0.2, 0.25) is 0 Å². The maximum absolute atomic E-state index is 11.9. The molecule has 0 fully saturated rings. The Hall–Kier alpha value is -2.50. The van der Waals surface area contributed by atoms with Gasteiger partial charge in [-0.3, -0.25) is 4.79 Å². The predicted molar refractivity (Wildman–Crippen MR) is 62.5 cm³/mol. The Balaban J connectivity index is 2.11. The number of ketones is 1. The van der Waals surface area contributed by atoms with Crippen LogP contribution in [0.25, 0.3) is 0 Å². The second-order valence-corrected chi connectivity index (χ2v) is 3.90. The molecule has 0 spiro atoms. The van der Waals surface area contributed by atoms with Crippen molar-refractivity contribution in [3.05, 3.63) is 47.3 Å². The Bertz CT molecular complexity index is 587. The molecule has 1 N–H and O–H groups in total. The average molecular weight is 245 g/mol. The maximum Gasteiger partial charge on any atom is 0.358 e. The van der Waals surface area contributed by atoms with Gasteiger partial charge in [0.25, 0.3) is 0 Å². The highest BCUT2D eigenvalue weighted by molar-refractivity contribution is 5.96. The van der Waals surface area contributed by atoms with Crippen LogP contribution in [-0.4, -0.2) is 31.9 Å². The molecular weight excluding hydrogens is 234 g/mol. The van der Waals surface area contributed by atoms with Gasteiger partial charge in [-0.25, -0.2) is 9.48 Å². The van der Waals surface area contributed by atoms with Crippen LogP contribution in [0.5, 0.6) is 0 Å². The van der Waals surface area contributed by atoms with Gasteiger partial charge >= 0.3 is 5.97 Å². The molecule has 1 heterocycles. The molecule has 1 aromatic carbocycles. The molecule has 0 unspecified atom stereocenters. The van der Waals surface area contributed by atoms with Crippen molar-refractivity contribution in [1.82, 2.24) is 15.0 Å². The van der Waals surface area contributed by atoms with Gasteiger partial charge in [-0.1, -0.05) is 35.0 Å². The number of rotatable bonds is 4. The first kappa shape index (κ1) is 12.0. The van der Waals surface area contributed by atoms with Crippen LogP contribution in [0, 0.1) is 6.92 Å². The van der Waals surface area contributed by atoms with E-state index in [0.29, 0.717) is 5.56 Å². The third-order valence-corrected chi connectivity index (χ3v) is 2.44. The van der Waals surface area contributed by atoms with Crippen LogP contribution in [0.15, 0.2) is 30.5 Å². The lowest BCUT2D eigenvalue weighted by Gasteiger charge is -2.01. The fraction of sp³-hybridized carbons (Fsp3) is 0.167. The highest BCUT2D eigenvalue weighted by atomic mass is 16.4. The number of aromatic nitrogens is 3. The Labute approximate surface area is 103 Å². The largest absolute Gasteiger partial charge is 0.476 e. The van der Waals surface area contributed by atoms with Gasteiger partial charge in [-0.05, 0) is 6.92 Å². The van der Waals surface area contributed by atoms with Crippen LogP contribution < -0.4 is 0 Å². The molecule has 1 aromatic heterocycles. The number of aryl methyl sites for hydroxylation is 1. The molecule has 6 heteroatoms. The van der Waals surface area contributed by atoms with E-state index < -0.39 is 5.97 Å². The molecule has 2 rings (SSSR count). The summed E-state index contributed by atoms with van der Waals surface area (Å²) in [4.78, 5) is 22.5. The third-order valence-electron chi connectivity index (χ3n) is 2.44. The minimum Gasteiger partial charge on any atom is -0.476 e. The summed E-state index contributed by atoms with van der Waals surface area (Å²) in [6.45, 7) is 1.91. The van der Waals surface area contributed by atoms with E-state index in [2.05, 4.69) is 10.3 Å². The van der Waals surface area contributed by atoms with Crippen LogP contribution in [0.4, 0.5) is 0 Å². The Morgan fingerprint density at radius 3 is 2.50 bits per heavy atom. The van der Waals surface area contributed by atoms with Crippen LogP contribution in [-0.2, 0) is 6.54 Å². The molecule has 0 saturated heterocycles. The fourth-order valence-corrected chi connectivity index (χ4v) is 1.45. The van der Waals surface area contributed by atoms with Crippen molar-refractivity contribution in [3.8, 4) is 0 Å². The molecule has 0 atom stereocenters. The number of nitrogens with zero attached hydrogens (tertiary/aromatic N) is 3. The minimum absolute atomic E-state index is 0.0245. The molecule has 0 amide bonds. The molecule has 0 radical (unpaired) electrons. The second kappa shape index (κ2) is 4.79. The van der Waals surface area contributed by atoms with E-state index in [-0.39, 0.29) is 18.0 Å². The van der Waals surface area contributed by atoms with E-state index in [1.165, 1.54) is 10.9 Å². The predicted octanol–water partition coefficient (Wildman–Crippen LogP) is 1.17. The molecule has 0 saturated carbocycles. The van der Waals surface area contributed by atoms with Gasteiger partial charge in [0.1, 0.15) is 6.54 Å². The molecule has 6 nitrogen and oxygen atoms in total. The molecule has 0 aliphatic carbocycles. The van der Waals surface area contributed by atoms with Crippen molar-refractivity contribution in [2.45, 2.75) is 13.5 Å². The Morgan fingerprint density at radius 1 is 1.28 bits per heavy atom. The zero-order valence-corrected chi connectivity index (χ0v) is 9.70. The zero-order chi connectivity index (χ0) is 13.1. The number of benzene rings is 1. The fourth-order valence-electron chi connectivity index (χ4n) is 1.45. The lowest BCUT2D eigenvalue weighted by Crippen LogP contribution is -2.11. The van der Waals surface area contributed by atoms with Gasteiger partial charge in [0.05, 0.1) is 6.20 Å². The van der Waals surface area contributed by atoms with Crippen LogP contribution in [0.3, 0.4) is 0 Å². The number of aromatic carboxylic acids is 1. The van der Waals surface area contributed by atoms with Gasteiger partial charge in [0.2, 0.25) is 0 Å². The standard InChI is InChI=1S/C12H11N3O3/c1-8-2-4-9(5-3-8)11(16)7-15-6-10(12(17)18)13-14-15/h2-6H,7H2,1H3,(H,17,18). The van der Waals surface area contributed by atoms with Crippen molar-refractivity contribution < 1.29 is 14.7 Å². The van der Waals surface area contributed by atoms with E-state index >= 15 is 0 Å². The van der Waals surface area contributed by atoms with Crippen LogP contribution in [0.1, 0.15) is 26.4 Å². The lowest BCUT2D eigenvalue weighted by molar-refractivity contribution is 0.0690. The first-order chi connectivity index (χ1) is 8.56. The topological polar surface area (TPSA) is 85.1 Å². The van der Waals surface area contributed by atoms with E-state index in [0.717, 1.165) is 5.56 Å². The van der Waals surface area contributed by atoms with Crippen molar-refractivity contribution in [3.63, 3.8) is 0 Å². The maximum atomic E-state index is 11.9. The molecule has 18 heavy (non-hydrogen) atoms. The number of hydrogen-bond donors (Lipinski definition) is 1. The smallest absolute Gasteiger partial charge is 0.358 e. The second-order valence-electron chi connectivity index (χ2n) is 3.90. The van der Waals surface area contributed by atoms with Crippen molar-refractivity contribution >= 4 is 11.8 Å². The van der Waals surface area contributed by atoms with Crippen molar-refractivity contribution in [2.24, 2.45) is 0 Å². The van der Waals surface area contributed by atoms with Gasteiger partial charge in [-0.2, -0.15) is 0 Å². The molecule has 0 aliphatic heterocycles. The van der Waals surface area contributed by atoms with E-state index in [4.69, 9.17) is 5.11 Å².